The molecular weight excluding hydrogens is 445 g/mol. The number of nitrogens with zero attached hydrogens (tertiary/aromatic N) is 4. The number of anilines is 2. The van der Waals surface area contributed by atoms with Crippen molar-refractivity contribution in [2.75, 3.05) is 18.5 Å². The highest BCUT2D eigenvalue weighted by Crippen LogP contribution is 2.33. The highest BCUT2D eigenvalue weighted by atomic mass is 19.1. The van der Waals surface area contributed by atoms with Crippen molar-refractivity contribution < 1.29 is 13.9 Å². The minimum atomic E-state index is -0.248. The van der Waals surface area contributed by atoms with E-state index >= 15 is 0 Å². The second-order valence-electron chi connectivity index (χ2n) is 8.63. The van der Waals surface area contributed by atoms with Crippen molar-refractivity contribution in [3.63, 3.8) is 0 Å². The zero-order valence-electron chi connectivity index (χ0n) is 19.0. The quantitative estimate of drug-likeness (QED) is 0.356. The molecule has 3 heterocycles. The van der Waals surface area contributed by atoms with Gasteiger partial charge in [-0.3, -0.25) is 4.68 Å². The molecule has 0 atom stereocenters. The summed E-state index contributed by atoms with van der Waals surface area (Å²) in [5, 5.41) is 9.77. The monoisotopic (exact) mass is 469 g/mol. The van der Waals surface area contributed by atoms with Crippen LogP contribution in [0.2, 0.25) is 0 Å². The molecule has 3 aromatic carbocycles. The summed E-state index contributed by atoms with van der Waals surface area (Å²) < 4.78 is 27.3. The third-order valence-corrected chi connectivity index (χ3v) is 6.21. The Morgan fingerprint density at radius 2 is 1.91 bits per heavy atom. The Morgan fingerprint density at radius 1 is 1.03 bits per heavy atom. The van der Waals surface area contributed by atoms with Gasteiger partial charge in [-0.05, 0) is 48.0 Å². The van der Waals surface area contributed by atoms with E-state index < -0.39 is 0 Å². The molecule has 0 aliphatic carbocycles. The lowest BCUT2D eigenvalue weighted by Crippen LogP contribution is -2.26. The van der Waals surface area contributed by atoms with Crippen LogP contribution < -0.4 is 10.1 Å². The van der Waals surface area contributed by atoms with E-state index in [-0.39, 0.29) is 11.9 Å². The van der Waals surface area contributed by atoms with E-state index in [0.717, 1.165) is 51.6 Å². The molecule has 1 saturated heterocycles. The first-order valence-electron chi connectivity index (χ1n) is 11.7. The summed E-state index contributed by atoms with van der Waals surface area (Å²) in [6.07, 6.45) is 5.21. The van der Waals surface area contributed by atoms with E-state index in [1.807, 2.05) is 53.3 Å². The Bertz CT molecular complexity index is 1490. The lowest BCUT2D eigenvalue weighted by Gasteiger charge is -2.24. The fraction of sp³-hybridized carbons (Fsp3) is 0.222. The summed E-state index contributed by atoms with van der Waals surface area (Å²) in [4.78, 5) is 8.96. The minimum absolute atomic E-state index is 0.114. The summed E-state index contributed by atoms with van der Waals surface area (Å²) in [5.41, 5.74) is 3.53. The maximum absolute atomic E-state index is 13.6. The van der Waals surface area contributed by atoms with Crippen LogP contribution in [0.5, 0.6) is 5.75 Å². The van der Waals surface area contributed by atoms with E-state index in [1.54, 1.807) is 12.4 Å². The Morgan fingerprint density at radius 3 is 2.80 bits per heavy atom. The molecule has 0 radical (unpaired) electrons. The SMILES string of the molecule is Fc1cccc(Cn2ncc3cc(Nc4ncnc5cccc(OC6CCOCC6)c45)ccc32)c1. The van der Waals surface area contributed by atoms with E-state index in [9.17, 15) is 4.39 Å². The van der Waals surface area contributed by atoms with Crippen LogP contribution in [0.3, 0.4) is 0 Å². The van der Waals surface area contributed by atoms with Crippen LogP contribution in [-0.2, 0) is 11.3 Å². The molecule has 1 fully saturated rings. The van der Waals surface area contributed by atoms with Crippen LogP contribution >= 0.6 is 0 Å². The standard InChI is InChI=1S/C27H24FN5O2/c28-20-4-1-3-18(13-20)16-33-24-8-7-21(14-19(24)15-31-33)32-27-26-23(29-17-30-27)5-2-6-25(26)35-22-9-11-34-12-10-22/h1-8,13-15,17,22H,9-12,16H2,(H,29,30,32). The first-order chi connectivity index (χ1) is 17.2. The second kappa shape index (κ2) is 9.31. The Hall–Kier alpha value is -4.04. The van der Waals surface area contributed by atoms with Gasteiger partial charge in [0.1, 0.15) is 29.8 Å². The Balaban J connectivity index is 1.29. The van der Waals surface area contributed by atoms with Gasteiger partial charge in [0.25, 0.3) is 0 Å². The molecule has 1 aliphatic heterocycles. The molecule has 0 amide bonds. The van der Waals surface area contributed by atoms with Crippen LogP contribution in [-0.4, -0.2) is 39.1 Å². The number of halogens is 1. The number of ether oxygens (including phenoxy) is 2. The van der Waals surface area contributed by atoms with Crippen LogP contribution in [0.15, 0.2) is 73.2 Å². The molecule has 35 heavy (non-hydrogen) atoms. The molecule has 7 nitrogen and oxygen atoms in total. The van der Waals surface area contributed by atoms with Gasteiger partial charge in [-0.25, -0.2) is 14.4 Å². The van der Waals surface area contributed by atoms with Crippen LogP contribution in [0, 0.1) is 5.82 Å². The van der Waals surface area contributed by atoms with Crippen molar-refractivity contribution in [2.24, 2.45) is 0 Å². The van der Waals surface area contributed by atoms with E-state index in [4.69, 9.17) is 9.47 Å². The molecule has 0 bridgehead atoms. The molecule has 0 unspecified atom stereocenters. The number of hydrogen-bond donors (Lipinski definition) is 1. The number of rotatable bonds is 6. The van der Waals surface area contributed by atoms with Crippen molar-refractivity contribution in [2.45, 2.75) is 25.5 Å². The molecule has 8 heteroatoms. The number of benzene rings is 3. The number of hydrogen-bond acceptors (Lipinski definition) is 6. The van der Waals surface area contributed by atoms with Gasteiger partial charge < -0.3 is 14.8 Å². The predicted molar refractivity (Wildman–Crippen MR) is 133 cm³/mol. The average molecular weight is 470 g/mol. The van der Waals surface area contributed by atoms with Crippen molar-refractivity contribution in [3.05, 3.63) is 84.6 Å². The normalized spacial score (nSPS) is 14.4. The van der Waals surface area contributed by atoms with Crippen molar-refractivity contribution >= 4 is 33.3 Å². The number of nitrogens with one attached hydrogen (secondary N) is 1. The average Bonchev–Trinajstić information content (AvgIpc) is 3.27. The topological polar surface area (TPSA) is 74.1 Å². The van der Waals surface area contributed by atoms with Gasteiger partial charge in [-0.1, -0.05) is 18.2 Å². The summed E-state index contributed by atoms with van der Waals surface area (Å²) in [6.45, 7) is 1.92. The van der Waals surface area contributed by atoms with Gasteiger partial charge in [-0.15, -0.1) is 0 Å². The molecule has 6 rings (SSSR count). The first kappa shape index (κ1) is 21.5. The minimum Gasteiger partial charge on any atom is -0.489 e. The zero-order valence-corrected chi connectivity index (χ0v) is 19.0. The van der Waals surface area contributed by atoms with Crippen LogP contribution in [0.4, 0.5) is 15.9 Å². The lowest BCUT2D eigenvalue weighted by molar-refractivity contribution is 0.0262. The van der Waals surface area contributed by atoms with Crippen molar-refractivity contribution in [1.29, 1.82) is 0 Å². The summed E-state index contributed by atoms with van der Waals surface area (Å²) in [5.74, 6) is 1.20. The number of aromatic nitrogens is 4. The third-order valence-electron chi connectivity index (χ3n) is 6.21. The molecule has 0 saturated carbocycles. The van der Waals surface area contributed by atoms with Crippen molar-refractivity contribution in [1.82, 2.24) is 19.7 Å². The molecular formula is C27H24FN5O2. The van der Waals surface area contributed by atoms with Gasteiger partial charge in [0.05, 0.1) is 42.4 Å². The molecule has 1 N–H and O–H groups in total. The maximum atomic E-state index is 13.6. The summed E-state index contributed by atoms with van der Waals surface area (Å²) in [6, 6.07) is 18.5. The lowest BCUT2D eigenvalue weighted by atomic mass is 10.1. The second-order valence-corrected chi connectivity index (χ2v) is 8.63. The molecule has 176 valence electrons. The molecule has 2 aromatic heterocycles. The van der Waals surface area contributed by atoms with Gasteiger partial charge in [0.15, 0.2) is 0 Å². The highest BCUT2D eigenvalue weighted by molar-refractivity contribution is 5.96. The molecule has 1 aliphatic rings. The van der Waals surface area contributed by atoms with E-state index in [1.165, 1.54) is 12.1 Å². The largest absolute Gasteiger partial charge is 0.489 e. The first-order valence-corrected chi connectivity index (χ1v) is 11.7. The maximum Gasteiger partial charge on any atom is 0.145 e. The number of fused-ring (bicyclic) bond motifs is 2. The van der Waals surface area contributed by atoms with E-state index in [2.05, 4.69) is 20.4 Å². The molecule has 5 aromatic rings. The predicted octanol–water partition coefficient (Wildman–Crippen LogP) is 5.47. The highest BCUT2D eigenvalue weighted by Gasteiger charge is 2.18. The fourth-order valence-electron chi connectivity index (χ4n) is 4.48. The van der Waals surface area contributed by atoms with Gasteiger partial charge >= 0.3 is 0 Å². The zero-order chi connectivity index (χ0) is 23.6. The van der Waals surface area contributed by atoms with Crippen molar-refractivity contribution in [3.8, 4) is 5.75 Å². The third kappa shape index (κ3) is 4.52. The Labute approximate surface area is 201 Å². The van der Waals surface area contributed by atoms with Gasteiger partial charge in [0, 0.05) is 23.9 Å². The fourth-order valence-corrected chi connectivity index (χ4v) is 4.48. The van der Waals surface area contributed by atoms with Gasteiger partial charge in [0.2, 0.25) is 0 Å². The summed E-state index contributed by atoms with van der Waals surface area (Å²) in [7, 11) is 0. The summed E-state index contributed by atoms with van der Waals surface area (Å²) >= 11 is 0. The Kier molecular flexibility index (Phi) is 5.71. The smallest absolute Gasteiger partial charge is 0.145 e. The van der Waals surface area contributed by atoms with Gasteiger partial charge in [-0.2, -0.15) is 5.10 Å². The molecule has 0 spiro atoms. The van der Waals surface area contributed by atoms with E-state index in [0.29, 0.717) is 25.6 Å². The van der Waals surface area contributed by atoms with Crippen LogP contribution in [0.1, 0.15) is 18.4 Å². The van der Waals surface area contributed by atoms with Crippen LogP contribution in [0.25, 0.3) is 21.8 Å².